The molecule has 0 amide bonds. The van der Waals surface area contributed by atoms with Gasteiger partial charge in [0.2, 0.25) is 0 Å². The lowest BCUT2D eigenvalue weighted by atomic mass is 10.0. The van der Waals surface area contributed by atoms with Crippen LogP contribution in [0, 0.1) is 0 Å². The van der Waals surface area contributed by atoms with Gasteiger partial charge < -0.3 is 10.7 Å². The van der Waals surface area contributed by atoms with Crippen molar-refractivity contribution in [3.63, 3.8) is 0 Å². The van der Waals surface area contributed by atoms with Gasteiger partial charge >= 0.3 is 0 Å². The van der Waals surface area contributed by atoms with Crippen molar-refractivity contribution < 1.29 is 0 Å². The Morgan fingerprint density at radius 2 is 1.35 bits per heavy atom. The number of nitrogens with two attached hydrogens (primary N) is 1. The number of aromatic nitrogens is 1. The highest BCUT2D eigenvalue weighted by Crippen LogP contribution is 2.29. The topological polar surface area (TPSA) is 41.8 Å². The van der Waals surface area contributed by atoms with Gasteiger partial charge in [0.25, 0.3) is 0 Å². The van der Waals surface area contributed by atoms with Gasteiger partial charge in [-0.1, -0.05) is 42.5 Å². The Hall–Kier alpha value is -2.74. The van der Waals surface area contributed by atoms with Crippen molar-refractivity contribution in [1.82, 2.24) is 4.98 Å². The Kier molecular flexibility index (Phi) is 2.30. The SMILES string of the molecule is Nc1ccc(-c2ccc3c(c2)[nH]c2ccccc23)cc1. The van der Waals surface area contributed by atoms with Crippen LogP contribution in [0.25, 0.3) is 32.9 Å². The molecule has 2 nitrogen and oxygen atoms in total. The van der Waals surface area contributed by atoms with Crippen molar-refractivity contribution in [2.75, 3.05) is 5.73 Å². The van der Waals surface area contributed by atoms with E-state index in [0.29, 0.717) is 0 Å². The highest BCUT2D eigenvalue weighted by Gasteiger charge is 2.05. The van der Waals surface area contributed by atoms with Crippen LogP contribution in [0.3, 0.4) is 0 Å². The molecular formula is C18H14N2. The van der Waals surface area contributed by atoms with Gasteiger partial charge in [0.1, 0.15) is 0 Å². The van der Waals surface area contributed by atoms with Crippen LogP contribution in [0.15, 0.2) is 66.7 Å². The van der Waals surface area contributed by atoms with Crippen LogP contribution in [0.4, 0.5) is 5.69 Å². The summed E-state index contributed by atoms with van der Waals surface area (Å²) in [5, 5.41) is 2.53. The first-order chi connectivity index (χ1) is 9.81. The second-order valence-electron chi connectivity index (χ2n) is 5.05. The van der Waals surface area contributed by atoms with Crippen LogP contribution in [-0.4, -0.2) is 4.98 Å². The van der Waals surface area contributed by atoms with Gasteiger partial charge in [-0.25, -0.2) is 0 Å². The molecule has 0 aliphatic carbocycles. The van der Waals surface area contributed by atoms with Gasteiger partial charge in [-0.05, 0) is 35.4 Å². The molecule has 20 heavy (non-hydrogen) atoms. The zero-order valence-electron chi connectivity index (χ0n) is 10.9. The van der Waals surface area contributed by atoms with Crippen molar-refractivity contribution >= 4 is 27.5 Å². The molecule has 0 spiro atoms. The maximum atomic E-state index is 5.74. The van der Waals surface area contributed by atoms with E-state index in [0.717, 1.165) is 5.69 Å². The first-order valence-electron chi connectivity index (χ1n) is 6.68. The third-order valence-electron chi connectivity index (χ3n) is 3.75. The number of anilines is 1. The summed E-state index contributed by atoms with van der Waals surface area (Å²) in [6, 6.07) is 22.9. The number of H-pyrrole nitrogens is 1. The number of hydrogen-bond donors (Lipinski definition) is 2. The van der Waals surface area contributed by atoms with Gasteiger partial charge in [-0.15, -0.1) is 0 Å². The van der Waals surface area contributed by atoms with Crippen molar-refractivity contribution in [3.05, 3.63) is 66.7 Å². The number of hydrogen-bond acceptors (Lipinski definition) is 1. The fraction of sp³-hybridized carbons (Fsp3) is 0. The lowest BCUT2D eigenvalue weighted by Gasteiger charge is -2.02. The quantitative estimate of drug-likeness (QED) is 0.482. The molecule has 0 unspecified atom stereocenters. The van der Waals surface area contributed by atoms with E-state index in [1.165, 1.54) is 32.9 Å². The average Bonchev–Trinajstić information content (AvgIpc) is 2.85. The molecule has 4 aromatic rings. The molecule has 2 heteroatoms. The second kappa shape index (κ2) is 4.14. The van der Waals surface area contributed by atoms with Gasteiger partial charge in [0.05, 0.1) is 0 Å². The van der Waals surface area contributed by atoms with Crippen LogP contribution in [0.5, 0.6) is 0 Å². The highest BCUT2D eigenvalue weighted by atomic mass is 14.7. The van der Waals surface area contributed by atoms with Crippen molar-refractivity contribution in [1.29, 1.82) is 0 Å². The minimum atomic E-state index is 0.792. The Morgan fingerprint density at radius 3 is 2.20 bits per heavy atom. The summed E-state index contributed by atoms with van der Waals surface area (Å²) < 4.78 is 0. The average molecular weight is 258 g/mol. The second-order valence-corrected chi connectivity index (χ2v) is 5.05. The van der Waals surface area contributed by atoms with E-state index in [1.54, 1.807) is 0 Å². The minimum absolute atomic E-state index is 0.792. The fourth-order valence-electron chi connectivity index (χ4n) is 2.71. The number of nitrogens with one attached hydrogen (secondary N) is 1. The van der Waals surface area contributed by atoms with Crippen molar-refractivity contribution in [3.8, 4) is 11.1 Å². The molecular weight excluding hydrogens is 244 g/mol. The van der Waals surface area contributed by atoms with E-state index in [2.05, 4.69) is 59.6 Å². The molecule has 0 aliphatic heterocycles. The summed E-state index contributed by atoms with van der Waals surface area (Å²) in [5.41, 5.74) is 11.3. The number of nitrogen functional groups attached to an aromatic ring is 1. The monoisotopic (exact) mass is 258 g/mol. The summed E-state index contributed by atoms with van der Waals surface area (Å²) in [6.07, 6.45) is 0. The predicted molar refractivity (Wildman–Crippen MR) is 85.7 cm³/mol. The third kappa shape index (κ3) is 1.66. The summed E-state index contributed by atoms with van der Waals surface area (Å²) in [4.78, 5) is 3.47. The summed E-state index contributed by atoms with van der Waals surface area (Å²) in [6.45, 7) is 0. The van der Waals surface area contributed by atoms with Crippen molar-refractivity contribution in [2.45, 2.75) is 0 Å². The minimum Gasteiger partial charge on any atom is -0.399 e. The number of aromatic amines is 1. The van der Waals surface area contributed by atoms with E-state index in [9.17, 15) is 0 Å². The molecule has 0 saturated heterocycles. The van der Waals surface area contributed by atoms with Crippen LogP contribution in [0.1, 0.15) is 0 Å². The predicted octanol–water partition coefficient (Wildman–Crippen LogP) is 4.57. The Morgan fingerprint density at radius 1 is 0.650 bits per heavy atom. The van der Waals surface area contributed by atoms with Gasteiger partial charge in [0.15, 0.2) is 0 Å². The molecule has 0 radical (unpaired) electrons. The van der Waals surface area contributed by atoms with Gasteiger partial charge in [-0.3, -0.25) is 0 Å². The number of para-hydroxylation sites is 1. The zero-order valence-corrected chi connectivity index (χ0v) is 10.9. The maximum absolute atomic E-state index is 5.74. The van der Waals surface area contributed by atoms with E-state index in [-0.39, 0.29) is 0 Å². The molecule has 1 heterocycles. The highest BCUT2D eigenvalue weighted by molar-refractivity contribution is 6.08. The van der Waals surface area contributed by atoms with Crippen LogP contribution >= 0.6 is 0 Å². The molecule has 0 atom stereocenters. The first kappa shape index (κ1) is 11.1. The first-order valence-corrected chi connectivity index (χ1v) is 6.68. The van der Waals surface area contributed by atoms with Crippen LogP contribution in [0.2, 0.25) is 0 Å². The number of benzene rings is 3. The van der Waals surface area contributed by atoms with E-state index >= 15 is 0 Å². The molecule has 4 rings (SSSR count). The molecule has 1 aromatic heterocycles. The van der Waals surface area contributed by atoms with E-state index < -0.39 is 0 Å². The summed E-state index contributed by atoms with van der Waals surface area (Å²) in [7, 11) is 0. The Balaban J connectivity index is 1.94. The molecule has 3 aromatic carbocycles. The van der Waals surface area contributed by atoms with E-state index in [1.807, 2.05) is 12.1 Å². The summed E-state index contributed by atoms with van der Waals surface area (Å²) in [5.74, 6) is 0. The Bertz CT molecular complexity index is 902. The largest absolute Gasteiger partial charge is 0.399 e. The third-order valence-corrected chi connectivity index (χ3v) is 3.75. The van der Waals surface area contributed by atoms with E-state index in [4.69, 9.17) is 5.73 Å². The molecule has 96 valence electrons. The molecule has 0 saturated carbocycles. The zero-order chi connectivity index (χ0) is 13.5. The fourth-order valence-corrected chi connectivity index (χ4v) is 2.71. The maximum Gasteiger partial charge on any atom is 0.0471 e. The van der Waals surface area contributed by atoms with Crippen LogP contribution in [-0.2, 0) is 0 Å². The van der Waals surface area contributed by atoms with Crippen LogP contribution < -0.4 is 5.73 Å². The number of rotatable bonds is 1. The molecule has 3 N–H and O–H groups in total. The molecule has 0 aliphatic rings. The van der Waals surface area contributed by atoms with Gasteiger partial charge in [0, 0.05) is 27.5 Å². The Labute approximate surface area is 116 Å². The lowest BCUT2D eigenvalue weighted by Crippen LogP contribution is -1.83. The van der Waals surface area contributed by atoms with Gasteiger partial charge in [-0.2, -0.15) is 0 Å². The smallest absolute Gasteiger partial charge is 0.0471 e. The standard InChI is InChI=1S/C18H14N2/c19-14-8-5-12(6-9-14)13-7-10-16-15-3-1-2-4-17(15)20-18(16)11-13/h1-11,20H,19H2. The molecule has 0 fully saturated rings. The number of fused-ring (bicyclic) bond motifs is 3. The lowest BCUT2D eigenvalue weighted by molar-refractivity contribution is 1.54. The summed E-state index contributed by atoms with van der Waals surface area (Å²) >= 11 is 0. The van der Waals surface area contributed by atoms with Crippen molar-refractivity contribution in [2.24, 2.45) is 0 Å². The molecule has 0 bridgehead atoms. The normalized spacial score (nSPS) is 11.2.